The maximum Gasteiger partial charge on any atom is 0.305 e. The molecule has 512 valence electrons. The molecule has 0 saturated heterocycles. The van der Waals surface area contributed by atoms with Gasteiger partial charge in [-0.15, -0.1) is 0 Å². The minimum Gasteiger partial charge on any atom is -0.466 e. The number of amides is 1. The molecule has 6 heteroatoms. The third kappa shape index (κ3) is 71.7. The van der Waals surface area contributed by atoms with E-state index < -0.39 is 12.1 Å². The molecule has 0 radical (unpaired) electrons. The maximum absolute atomic E-state index is 12.5. The quantitative estimate of drug-likeness (QED) is 0.0320. The van der Waals surface area contributed by atoms with Crippen molar-refractivity contribution in [2.45, 2.75) is 475 Å². The molecule has 2 atom stereocenters. The minimum atomic E-state index is -0.842. The second kappa shape index (κ2) is 76.1. The smallest absolute Gasteiger partial charge is 0.305 e. The fraction of sp³-hybridized carbons (Fsp3) is 0.950. The van der Waals surface area contributed by atoms with Crippen LogP contribution in [0.3, 0.4) is 0 Å². The van der Waals surface area contributed by atoms with Crippen molar-refractivity contribution >= 4 is 11.9 Å². The predicted octanol–water partition coefficient (Wildman–Crippen LogP) is 26.3. The summed E-state index contributed by atoms with van der Waals surface area (Å²) in [5.41, 5.74) is 0. The number of hydrogen-bond acceptors (Lipinski definition) is 5. The second-order valence-corrected chi connectivity index (χ2v) is 27.8. The minimum absolute atomic E-state index is 0.0250. The van der Waals surface area contributed by atoms with Gasteiger partial charge in [-0.2, -0.15) is 0 Å². The van der Waals surface area contributed by atoms with Gasteiger partial charge in [-0.05, 0) is 32.1 Å². The number of carbonyl (C=O) groups excluding carboxylic acids is 2. The highest BCUT2D eigenvalue weighted by atomic mass is 16.5. The van der Waals surface area contributed by atoms with Crippen LogP contribution in [-0.2, 0) is 14.3 Å². The number of aliphatic hydroxyl groups is 2. The van der Waals surface area contributed by atoms with E-state index in [9.17, 15) is 19.8 Å². The SMILES string of the molecule is CCCCCCCCCCCCCCCCCCCCCC/C=C/C(O)C(CO)NC(=O)CCCCCCCCCCCCCCCCCCCCCCCCCCCCCCCCCCCOC(=O)CCCCCCCCCCCCCCCC. The molecule has 0 aromatic rings. The van der Waals surface area contributed by atoms with Crippen molar-refractivity contribution in [3.05, 3.63) is 12.2 Å². The van der Waals surface area contributed by atoms with Crippen molar-refractivity contribution in [1.82, 2.24) is 5.32 Å². The van der Waals surface area contributed by atoms with Crippen LogP contribution in [-0.4, -0.2) is 47.4 Å². The largest absolute Gasteiger partial charge is 0.466 e. The Bertz CT molecular complexity index is 1300. The molecule has 3 N–H and O–H groups in total. The third-order valence-electron chi connectivity index (χ3n) is 19.1. The molecule has 0 aliphatic carbocycles. The number of aliphatic hydroxyl groups excluding tert-OH is 2. The van der Waals surface area contributed by atoms with Gasteiger partial charge in [0.1, 0.15) is 0 Å². The topological polar surface area (TPSA) is 95.9 Å². The summed E-state index contributed by atoms with van der Waals surface area (Å²) in [5.74, 6) is -0.0327. The third-order valence-corrected chi connectivity index (χ3v) is 19.1. The van der Waals surface area contributed by atoms with E-state index in [0.717, 1.165) is 38.5 Å². The molecule has 0 heterocycles. The highest BCUT2D eigenvalue weighted by Gasteiger charge is 2.18. The average Bonchev–Trinajstić information content (AvgIpc) is 3.58. The molecule has 0 aromatic heterocycles. The molecule has 0 aliphatic rings. The highest BCUT2D eigenvalue weighted by Crippen LogP contribution is 2.20. The van der Waals surface area contributed by atoms with Crippen molar-refractivity contribution in [3.63, 3.8) is 0 Å². The summed E-state index contributed by atoms with van der Waals surface area (Å²) in [7, 11) is 0. The van der Waals surface area contributed by atoms with Gasteiger partial charge < -0.3 is 20.3 Å². The van der Waals surface area contributed by atoms with Crippen LogP contribution in [0.1, 0.15) is 463 Å². The van der Waals surface area contributed by atoms with Gasteiger partial charge in [-0.1, -0.05) is 431 Å². The number of rotatable bonds is 76. The van der Waals surface area contributed by atoms with Crippen LogP contribution >= 0.6 is 0 Å². The summed E-state index contributed by atoms with van der Waals surface area (Å²) in [6, 6.07) is -0.625. The van der Waals surface area contributed by atoms with Crippen LogP contribution in [0.4, 0.5) is 0 Å². The molecule has 2 unspecified atom stereocenters. The van der Waals surface area contributed by atoms with E-state index in [2.05, 4.69) is 19.2 Å². The molecule has 0 fully saturated rings. The van der Waals surface area contributed by atoms with Crippen molar-refractivity contribution in [2.75, 3.05) is 13.2 Å². The van der Waals surface area contributed by atoms with Crippen LogP contribution in [0, 0.1) is 0 Å². The summed E-state index contributed by atoms with van der Waals surface area (Å²) in [6.07, 6.45) is 96.3. The zero-order valence-corrected chi connectivity index (χ0v) is 58.8. The van der Waals surface area contributed by atoms with Crippen LogP contribution in [0.25, 0.3) is 0 Å². The molecule has 0 spiro atoms. The second-order valence-electron chi connectivity index (χ2n) is 27.8. The van der Waals surface area contributed by atoms with E-state index in [1.165, 1.54) is 398 Å². The molecule has 0 aromatic carbocycles. The van der Waals surface area contributed by atoms with Crippen LogP contribution in [0.5, 0.6) is 0 Å². The first kappa shape index (κ1) is 84.6. The molecule has 6 nitrogen and oxygen atoms in total. The Balaban J connectivity index is 3.33. The zero-order valence-electron chi connectivity index (χ0n) is 58.8. The number of esters is 1. The lowest BCUT2D eigenvalue weighted by atomic mass is 10.0. The number of ether oxygens (including phenoxy) is 1. The van der Waals surface area contributed by atoms with E-state index in [4.69, 9.17) is 4.74 Å². The van der Waals surface area contributed by atoms with E-state index >= 15 is 0 Å². The standard InChI is InChI=1S/C80H157NO5/c1-3-5-7-9-11-13-15-17-19-20-21-22-36-39-42-45-48-52-56-60-64-68-72-78(83)77(76-82)81-79(84)73-69-65-61-57-53-49-46-43-40-37-34-32-30-28-26-24-23-25-27-29-31-33-35-38-41-44-47-51-55-59-63-67-71-75-86-80(85)74-70-66-62-58-54-50-18-16-14-12-10-8-6-4-2/h68,72,77-78,82-83H,3-67,69-71,73-76H2,1-2H3,(H,81,84)/b72-68+. The average molecular weight is 1210 g/mol. The van der Waals surface area contributed by atoms with Gasteiger partial charge in [0, 0.05) is 12.8 Å². The lowest BCUT2D eigenvalue weighted by molar-refractivity contribution is -0.143. The molecule has 86 heavy (non-hydrogen) atoms. The van der Waals surface area contributed by atoms with Gasteiger partial charge in [-0.3, -0.25) is 9.59 Å². The van der Waals surface area contributed by atoms with Crippen molar-refractivity contribution < 1.29 is 24.5 Å². The van der Waals surface area contributed by atoms with Gasteiger partial charge >= 0.3 is 5.97 Å². The monoisotopic (exact) mass is 1210 g/mol. The Morgan fingerprint density at radius 3 is 0.791 bits per heavy atom. The summed E-state index contributed by atoms with van der Waals surface area (Å²) in [5, 5.41) is 23.3. The van der Waals surface area contributed by atoms with Crippen LogP contribution in [0.2, 0.25) is 0 Å². The number of unbranched alkanes of at least 4 members (excludes halogenated alkanes) is 65. The molecule has 1 amide bonds. The van der Waals surface area contributed by atoms with Gasteiger partial charge in [0.05, 0.1) is 25.4 Å². The van der Waals surface area contributed by atoms with Crippen LogP contribution < -0.4 is 5.32 Å². The summed E-state index contributed by atoms with van der Waals surface area (Å²) >= 11 is 0. The number of carbonyl (C=O) groups is 2. The first-order valence-corrected chi connectivity index (χ1v) is 40.0. The fourth-order valence-corrected chi connectivity index (χ4v) is 13.0. The molecule has 0 saturated carbocycles. The van der Waals surface area contributed by atoms with Gasteiger partial charge in [-0.25, -0.2) is 0 Å². The Kier molecular flexibility index (Phi) is 74.8. The molecule has 0 aliphatic heterocycles. The van der Waals surface area contributed by atoms with E-state index in [-0.39, 0.29) is 18.5 Å². The fourth-order valence-electron chi connectivity index (χ4n) is 13.0. The number of allylic oxidation sites excluding steroid dienone is 1. The van der Waals surface area contributed by atoms with E-state index in [1.54, 1.807) is 6.08 Å². The number of nitrogens with one attached hydrogen (secondary N) is 1. The summed E-state index contributed by atoms with van der Waals surface area (Å²) < 4.78 is 5.50. The Labute approximate surface area is 539 Å². The lowest BCUT2D eigenvalue weighted by Gasteiger charge is -2.20. The van der Waals surface area contributed by atoms with Gasteiger partial charge in [0.15, 0.2) is 0 Å². The van der Waals surface area contributed by atoms with Crippen molar-refractivity contribution in [3.8, 4) is 0 Å². The summed E-state index contributed by atoms with van der Waals surface area (Å²) in [6.45, 7) is 4.97. The highest BCUT2D eigenvalue weighted by molar-refractivity contribution is 5.76. The van der Waals surface area contributed by atoms with Crippen molar-refractivity contribution in [1.29, 1.82) is 0 Å². The molecular formula is C80H157NO5. The normalized spacial score (nSPS) is 12.5. The predicted molar refractivity (Wildman–Crippen MR) is 380 cm³/mol. The molecular weight excluding hydrogens is 1050 g/mol. The van der Waals surface area contributed by atoms with Crippen LogP contribution in [0.15, 0.2) is 12.2 Å². The first-order chi connectivity index (χ1) is 42.5. The van der Waals surface area contributed by atoms with E-state index in [1.807, 2.05) is 6.08 Å². The lowest BCUT2D eigenvalue weighted by Crippen LogP contribution is -2.45. The Morgan fingerprint density at radius 1 is 0.314 bits per heavy atom. The van der Waals surface area contributed by atoms with Gasteiger partial charge in [0.2, 0.25) is 5.91 Å². The van der Waals surface area contributed by atoms with E-state index in [0.29, 0.717) is 19.4 Å². The van der Waals surface area contributed by atoms with Gasteiger partial charge in [0.25, 0.3) is 0 Å². The Hall–Kier alpha value is -1.40. The molecule has 0 bridgehead atoms. The van der Waals surface area contributed by atoms with Crippen molar-refractivity contribution in [2.24, 2.45) is 0 Å². The number of hydrogen-bond donors (Lipinski definition) is 3. The molecule has 0 rings (SSSR count). The first-order valence-electron chi connectivity index (χ1n) is 40.0. The summed E-state index contributed by atoms with van der Waals surface area (Å²) in [4.78, 5) is 24.6. The Morgan fingerprint density at radius 2 is 0.535 bits per heavy atom. The zero-order chi connectivity index (χ0) is 62.0. The maximum atomic E-state index is 12.5.